The zero-order chi connectivity index (χ0) is 17.1. The van der Waals surface area contributed by atoms with E-state index in [1.807, 2.05) is 36.4 Å². The van der Waals surface area contributed by atoms with Gasteiger partial charge in [0.05, 0.1) is 6.61 Å². The average Bonchev–Trinajstić information content (AvgIpc) is 2.62. The van der Waals surface area contributed by atoms with E-state index in [2.05, 4.69) is 24.8 Å². The standard InChI is InChI=1S/C20H21NO3/c1-3-21(4-2)16-9-10-17-18(12-20(23)24-19(17)11-16)15-7-5-14(13-22)6-8-15/h5-12,22H,3-4,13H2,1-2H3. The van der Waals surface area contributed by atoms with Crippen LogP contribution in [0.15, 0.2) is 57.7 Å². The highest BCUT2D eigenvalue weighted by Gasteiger charge is 2.10. The van der Waals surface area contributed by atoms with Crippen LogP contribution >= 0.6 is 0 Å². The van der Waals surface area contributed by atoms with E-state index >= 15 is 0 Å². The van der Waals surface area contributed by atoms with Crippen molar-refractivity contribution in [3.8, 4) is 11.1 Å². The summed E-state index contributed by atoms with van der Waals surface area (Å²) in [6.45, 7) is 6.00. The molecule has 1 heterocycles. The lowest BCUT2D eigenvalue weighted by Crippen LogP contribution is -2.21. The Labute approximate surface area is 141 Å². The molecule has 1 aromatic heterocycles. The molecule has 0 fully saturated rings. The highest BCUT2D eigenvalue weighted by atomic mass is 16.4. The van der Waals surface area contributed by atoms with Gasteiger partial charge in [0.25, 0.3) is 0 Å². The van der Waals surface area contributed by atoms with Gasteiger partial charge in [-0.3, -0.25) is 0 Å². The predicted octanol–water partition coefficient (Wildman–Crippen LogP) is 3.80. The maximum absolute atomic E-state index is 12.0. The third kappa shape index (κ3) is 3.05. The van der Waals surface area contributed by atoms with Crippen LogP contribution in [0.3, 0.4) is 0 Å². The van der Waals surface area contributed by atoms with Crippen LogP contribution in [0.4, 0.5) is 5.69 Å². The molecular formula is C20H21NO3. The van der Waals surface area contributed by atoms with E-state index in [1.54, 1.807) is 0 Å². The van der Waals surface area contributed by atoms with Crippen molar-refractivity contribution in [2.45, 2.75) is 20.5 Å². The summed E-state index contributed by atoms with van der Waals surface area (Å²) in [6.07, 6.45) is 0. The smallest absolute Gasteiger partial charge is 0.336 e. The summed E-state index contributed by atoms with van der Waals surface area (Å²) in [5.74, 6) is 0. The molecule has 0 bridgehead atoms. The summed E-state index contributed by atoms with van der Waals surface area (Å²) in [5, 5.41) is 10.1. The number of fused-ring (bicyclic) bond motifs is 1. The average molecular weight is 323 g/mol. The largest absolute Gasteiger partial charge is 0.423 e. The Morgan fingerprint density at radius 3 is 2.33 bits per heavy atom. The van der Waals surface area contributed by atoms with Crippen LogP contribution in [0.2, 0.25) is 0 Å². The highest BCUT2D eigenvalue weighted by Crippen LogP contribution is 2.30. The maximum atomic E-state index is 12.0. The van der Waals surface area contributed by atoms with Gasteiger partial charge in [0.15, 0.2) is 0 Å². The SMILES string of the molecule is CCN(CC)c1ccc2c(-c3ccc(CO)cc3)cc(=O)oc2c1. The van der Waals surface area contributed by atoms with Crippen LogP contribution in [0.25, 0.3) is 22.1 Å². The first kappa shape index (κ1) is 16.3. The number of hydrogen-bond acceptors (Lipinski definition) is 4. The molecule has 4 heteroatoms. The van der Waals surface area contributed by atoms with Gasteiger partial charge in [0, 0.05) is 36.3 Å². The van der Waals surface area contributed by atoms with Gasteiger partial charge in [-0.15, -0.1) is 0 Å². The summed E-state index contributed by atoms with van der Waals surface area (Å²) in [7, 11) is 0. The van der Waals surface area contributed by atoms with E-state index in [9.17, 15) is 9.90 Å². The van der Waals surface area contributed by atoms with Crippen molar-refractivity contribution in [3.05, 3.63) is 64.5 Å². The second-order valence-corrected chi connectivity index (χ2v) is 5.69. The van der Waals surface area contributed by atoms with E-state index in [0.717, 1.165) is 40.9 Å². The molecule has 0 radical (unpaired) electrons. The summed E-state index contributed by atoms with van der Waals surface area (Å²) >= 11 is 0. The number of hydrogen-bond donors (Lipinski definition) is 1. The van der Waals surface area contributed by atoms with Crippen LogP contribution in [0, 0.1) is 0 Å². The zero-order valence-corrected chi connectivity index (χ0v) is 14.0. The van der Waals surface area contributed by atoms with Gasteiger partial charge in [0.2, 0.25) is 0 Å². The number of aliphatic hydroxyl groups excluding tert-OH is 1. The second-order valence-electron chi connectivity index (χ2n) is 5.69. The normalized spacial score (nSPS) is 11.0. The number of rotatable bonds is 5. The highest BCUT2D eigenvalue weighted by molar-refractivity contribution is 5.94. The molecule has 1 N–H and O–H groups in total. The lowest BCUT2D eigenvalue weighted by molar-refractivity contribution is 0.282. The van der Waals surface area contributed by atoms with Gasteiger partial charge in [-0.2, -0.15) is 0 Å². The minimum atomic E-state index is -0.361. The molecule has 24 heavy (non-hydrogen) atoms. The van der Waals surface area contributed by atoms with Crippen LogP contribution in [0.5, 0.6) is 0 Å². The Kier molecular flexibility index (Phi) is 4.67. The lowest BCUT2D eigenvalue weighted by Gasteiger charge is -2.21. The van der Waals surface area contributed by atoms with E-state index in [1.165, 1.54) is 6.07 Å². The lowest BCUT2D eigenvalue weighted by atomic mass is 10.0. The third-order valence-corrected chi connectivity index (χ3v) is 4.30. The van der Waals surface area contributed by atoms with Crippen molar-refractivity contribution in [2.24, 2.45) is 0 Å². The minimum absolute atomic E-state index is 0.00515. The van der Waals surface area contributed by atoms with Crippen molar-refractivity contribution < 1.29 is 9.52 Å². The molecule has 0 saturated heterocycles. The fraction of sp³-hybridized carbons (Fsp3) is 0.250. The van der Waals surface area contributed by atoms with E-state index in [4.69, 9.17) is 4.42 Å². The fourth-order valence-corrected chi connectivity index (χ4v) is 2.97. The molecule has 0 aliphatic heterocycles. The number of aliphatic hydroxyl groups is 1. The van der Waals surface area contributed by atoms with Crippen LogP contribution in [-0.4, -0.2) is 18.2 Å². The molecular weight excluding hydrogens is 302 g/mol. The predicted molar refractivity (Wildman–Crippen MR) is 97.4 cm³/mol. The summed E-state index contributed by atoms with van der Waals surface area (Å²) in [4.78, 5) is 14.2. The molecule has 0 aliphatic carbocycles. The first-order valence-electron chi connectivity index (χ1n) is 8.19. The Balaban J connectivity index is 2.16. The van der Waals surface area contributed by atoms with Gasteiger partial charge < -0.3 is 14.4 Å². The van der Waals surface area contributed by atoms with Gasteiger partial charge in [-0.25, -0.2) is 4.79 Å². The van der Waals surface area contributed by atoms with Crippen molar-refractivity contribution in [2.75, 3.05) is 18.0 Å². The topological polar surface area (TPSA) is 53.7 Å². The molecule has 0 unspecified atom stereocenters. The molecule has 0 amide bonds. The van der Waals surface area contributed by atoms with Gasteiger partial charge >= 0.3 is 5.63 Å². The molecule has 4 nitrogen and oxygen atoms in total. The molecule has 3 aromatic rings. The fourth-order valence-electron chi connectivity index (χ4n) is 2.97. The van der Waals surface area contributed by atoms with Gasteiger partial charge in [0.1, 0.15) is 5.58 Å². The quantitative estimate of drug-likeness (QED) is 0.726. The van der Waals surface area contributed by atoms with Crippen molar-refractivity contribution in [1.29, 1.82) is 0 Å². The van der Waals surface area contributed by atoms with E-state index in [0.29, 0.717) is 5.58 Å². The monoisotopic (exact) mass is 323 g/mol. The van der Waals surface area contributed by atoms with E-state index < -0.39 is 0 Å². The van der Waals surface area contributed by atoms with Crippen LogP contribution < -0.4 is 10.5 Å². The zero-order valence-electron chi connectivity index (χ0n) is 14.0. The van der Waals surface area contributed by atoms with Crippen molar-refractivity contribution in [3.63, 3.8) is 0 Å². The Morgan fingerprint density at radius 2 is 1.71 bits per heavy atom. The first-order valence-corrected chi connectivity index (χ1v) is 8.19. The van der Waals surface area contributed by atoms with Crippen molar-refractivity contribution >= 4 is 16.7 Å². The molecule has 0 saturated carbocycles. The van der Waals surface area contributed by atoms with E-state index in [-0.39, 0.29) is 12.2 Å². The number of nitrogens with zero attached hydrogens (tertiary/aromatic N) is 1. The van der Waals surface area contributed by atoms with Crippen molar-refractivity contribution in [1.82, 2.24) is 0 Å². The van der Waals surface area contributed by atoms with Crippen LogP contribution in [0.1, 0.15) is 19.4 Å². The van der Waals surface area contributed by atoms with Gasteiger partial charge in [-0.05, 0) is 42.7 Å². The first-order chi connectivity index (χ1) is 11.7. The number of anilines is 1. The molecule has 0 aliphatic rings. The van der Waals surface area contributed by atoms with Crippen LogP contribution in [-0.2, 0) is 6.61 Å². The molecule has 0 atom stereocenters. The molecule has 2 aromatic carbocycles. The summed E-state index contributed by atoms with van der Waals surface area (Å²) in [6, 6.07) is 15.1. The maximum Gasteiger partial charge on any atom is 0.336 e. The molecule has 3 rings (SSSR count). The Morgan fingerprint density at radius 1 is 1.00 bits per heavy atom. The summed E-state index contributed by atoms with van der Waals surface area (Å²) < 4.78 is 5.43. The third-order valence-electron chi connectivity index (χ3n) is 4.30. The summed E-state index contributed by atoms with van der Waals surface area (Å²) in [5.41, 5.74) is 3.89. The Bertz CT molecular complexity index is 893. The second kappa shape index (κ2) is 6.89. The molecule has 0 spiro atoms. The van der Waals surface area contributed by atoms with Gasteiger partial charge in [-0.1, -0.05) is 24.3 Å². The Hall–Kier alpha value is -2.59. The molecule has 124 valence electrons. The minimum Gasteiger partial charge on any atom is -0.423 e. The number of benzene rings is 2.